The summed E-state index contributed by atoms with van der Waals surface area (Å²) in [6.45, 7) is 7.48. The van der Waals surface area contributed by atoms with Crippen molar-refractivity contribution in [2.24, 2.45) is 0 Å². The van der Waals surface area contributed by atoms with Gasteiger partial charge in [-0.15, -0.1) is 0 Å². The van der Waals surface area contributed by atoms with Crippen LogP contribution in [0.3, 0.4) is 0 Å². The SMILES string of the molecule is CCN(CC)S(=O)(=O)N(CC(=O)O)Cc1cccc(OCCc2nc(-c3ccc(C)cc3)oc2C)c1. The van der Waals surface area contributed by atoms with E-state index in [1.54, 1.807) is 38.1 Å². The van der Waals surface area contributed by atoms with E-state index in [0.717, 1.165) is 26.9 Å². The Balaban J connectivity index is 1.66. The Hall–Kier alpha value is -3.21. The van der Waals surface area contributed by atoms with Gasteiger partial charge in [-0.2, -0.15) is 17.0 Å². The lowest BCUT2D eigenvalue weighted by Crippen LogP contribution is -2.45. The second-order valence-electron chi connectivity index (χ2n) is 8.39. The number of benzene rings is 2. The van der Waals surface area contributed by atoms with Gasteiger partial charge in [0.05, 0.1) is 12.3 Å². The molecule has 0 aliphatic rings. The highest BCUT2D eigenvalue weighted by molar-refractivity contribution is 7.86. The standard InChI is InChI=1S/C26H33N3O6S/c1-5-28(6-2)36(32,33)29(18-25(30)31)17-21-8-7-9-23(16-21)34-15-14-24-20(4)35-26(27-24)22-12-10-19(3)11-13-22/h7-13,16H,5-6,14-15,17-18H2,1-4H3,(H,30,31). The zero-order chi connectivity index (χ0) is 26.3. The molecule has 0 fully saturated rings. The molecule has 0 atom stereocenters. The van der Waals surface area contributed by atoms with Crippen LogP contribution in [0, 0.1) is 13.8 Å². The molecule has 10 heteroatoms. The number of aryl methyl sites for hydroxylation is 2. The molecule has 0 spiro atoms. The van der Waals surface area contributed by atoms with Crippen LogP contribution in [-0.2, 0) is 28.0 Å². The summed E-state index contributed by atoms with van der Waals surface area (Å²) in [5.74, 6) is 0.639. The average Bonchev–Trinajstić information content (AvgIpc) is 3.20. The normalized spacial score (nSPS) is 11.8. The molecule has 0 aliphatic heterocycles. The predicted molar refractivity (Wildman–Crippen MR) is 137 cm³/mol. The van der Waals surface area contributed by atoms with Gasteiger partial charge in [0.1, 0.15) is 18.1 Å². The lowest BCUT2D eigenvalue weighted by atomic mass is 10.1. The van der Waals surface area contributed by atoms with Crippen LogP contribution in [0.15, 0.2) is 52.9 Å². The Morgan fingerprint density at radius 2 is 1.75 bits per heavy atom. The zero-order valence-corrected chi connectivity index (χ0v) is 21.9. The topological polar surface area (TPSA) is 113 Å². The van der Waals surface area contributed by atoms with Crippen molar-refractivity contribution in [2.75, 3.05) is 26.2 Å². The summed E-state index contributed by atoms with van der Waals surface area (Å²) < 4.78 is 39.8. The molecule has 194 valence electrons. The minimum absolute atomic E-state index is 0.0787. The quantitative estimate of drug-likeness (QED) is 0.365. The Morgan fingerprint density at radius 1 is 1.06 bits per heavy atom. The van der Waals surface area contributed by atoms with Gasteiger partial charge in [-0.05, 0) is 43.7 Å². The van der Waals surface area contributed by atoms with Crippen molar-refractivity contribution in [2.45, 2.75) is 40.7 Å². The van der Waals surface area contributed by atoms with Crippen molar-refractivity contribution in [3.05, 3.63) is 71.1 Å². The fourth-order valence-electron chi connectivity index (χ4n) is 3.77. The molecule has 1 heterocycles. The van der Waals surface area contributed by atoms with E-state index in [2.05, 4.69) is 4.98 Å². The van der Waals surface area contributed by atoms with Crippen LogP contribution >= 0.6 is 0 Å². The highest BCUT2D eigenvalue weighted by Crippen LogP contribution is 2.23. The van der Waals surface area contributed by atoms with Gasteiger partial charge in [-0.1, -0.05) is 43.7 Å². The summed E-state index contributed by atoms with van der Waals surface area (Å²) in [6.07, 6.45) is 0.535. The Kier molecular flexibility index (Phi) is 9.25. The zero-order valence-electron chi connectivity index (χ0n) is 21.1. The number of carbonyl (C=O) groups is 1. The van der Waals surface area contributed by atoms with Crippen molar-refractivity contribution < 1.29 is 27.5 Å². The maximum atomic E-state index is 12.9. The van der Waals surface area contributed by atoms with Gasteiger partial charge in [-0.3, -0.25) is 4.79 Å². The third-order valence-corrected chi connectivity index (χ3v) is 7.81. The van der Waals surface area contributed by atoms with E-state index in [1.807, 2.05) is 38.1 Å². The van der Waals surface area contributed by atoms with Crippen LogP contribution in [-0.4, -0.2) is 59.3 Å². The number of carboxylic acids is 1. The first-order valence-electron chi connectivity index (χ1n) is 11.9. The third-order valence-electron chi connectivity index (χ3n) is 5.73. The summed E-state index contributed by atoms with van der Waals surface area (Å²) in [6, 6.07) is 15.0. The molecule has 3 rings (SSSR count). The first kappa shape index (κ1) is 27.4. The lowest BCUT2D eigenvalue weighted by molar-refractivity contribution is -0.137. The second-order valence-corrected chi connectivity index (χ2v) is 10.3. The van der Waals surface area contributed by atoms with Gasteiger partial charge in [-0.25, -0.2) is 4.98 Å². The van der Waals surface area contributed by atoms with E-state index in [0.29, 0.717) is 30.2 Å². The number of rotatable bonds is 13. The monoisotopic (exact) mass is 515 g/mol. The highest BCUT2D eigenvalue weighted by Gasteiger charge is 2.29. The van der Waals surface area contributed by atoms with Gasteiger partial charge < -0.3 is 14.3 Å². The summed E-state index contributed by atoms with van der Waals surface area (Å²) >= 11 is 0. The van der Waals surface area contributed by atoms with Crippen molar-refractivity contribution in [1.82, 2.24) is 13.6 Å². The molecule has 2 aromatic carbocycles. The largest absolute Gasteiger partial charge is 0.493 e. The van der Waals surface area contributed by atoms with Gasteiger partial charge in [0.25, 0.3) is 10.2 Å². The number of hydrogen-bond acceptors (Lipinski definition) is 6. The lowest BCUT2D eigenvalue weighted by Gasteiger charge is -2.27. The van der Waals surface area contributed by atoms with E-state index in [-0.39, 0.29) is 19.6 Å². The summed E-state index contributed by atoms with van der Waals surface area (Å²) in [4.78, 5) is 16.0. The molecule has 0 radical (unpaired) electrons. The first-order chi connectivity index (χ1) is 17.1. The molecule has 0 saturated carbocycles. The molecule has 3 aromatic rings. The predicted octanol–water partition coefficient (Wildman–Crippen LogP) is 4.05. The van der Waals surface area contributed by atoms with Crippen molar-refractivity contribution >= 4 is 16.2 Å². The number of carboxylic acid groups (broad SMARTS) is 1. The average molecular weight is 516 g/mol. The number of aromatic nitrogens is 1. The molecule has 0 unspecified atom stereocenters. The van der Waals surface area contributed by atoms with Crippen LogP contribution in [0.4, 0.5) is 0 Å². The van der Waals surface area contributed by atoms with Gasteiger partial charge in [0.15, 0.2) is 0 Å². The fourth-order valence-corrected chi connectivity index (χ4v) is 5.33. The van der Waals surface area contributed by atoms with Crippen LogP contribution in [0.5, 0.6) is 5.75 Å². The minimum Gasteiger partial charge on any atom is -0.493 e. The van der Waals surface area contributed by atoms with E-state index in [1.165, 1.54) is 4.31 Å². The van der Waals surface area contributed by atoms with Crippen LogP contribution in [0.2, 0.25) is 0 Å². The highest BCUT2D eigenvalue weighted by atomic mass is 32.2. The molecule has 0 amide bonds. The molecule has 0 bridgehead atoms. The van der Waals surface area contributed by atoms with Crippen molar-refractivity contribution in [3.63, 3.8) is 0 Å². The molecule has 0 saturated heterocycles. The fraction of sp³-hybridized carbons (Fsp3) is 0.385. The van der Waals surface area contributed by atoms with E-state index in [4.69, 9.17) is 9.15 Å². The number of hydrogen-bond donors (Lipinski definition) is 1. The summed E-state index contributed by atoms with van der Waals surface area (Å²) in [5, 5.41) is 9.28. The van der Waals surface area contributed by atoms with Crippen LogP contribution < -0.4 is 4.74 Å². The molecule has 1 aromatic heterocycles. The molecular formula is C26H33N3O6S. The summed E-state index contributed by atoms with van der Waals surface area (Å²) in [5.41, 5.74) is 3.51. The number of nitrogens with zero attached hydrogens (tertiary/aromatic N) is 3. The Bertz CT molecular complexity index is 1270. The molecular weight excluding hydrogens is 482 g/mol. The van der Waals surface area contributed by atoms with Crippen molar-refractivity contribution in [3.8, 4) is 17.2 Å². The van der Waals surface area contributed by atoms with Gasteiger partial charge in [0, 0.05) is 31.6 Å². The van der Waals surface area contributed by atoms with Gasteiger partial charge in [0.2, 0.25) is 5.89 Å². The van der Waals surface area contributed by atoms with Gasteiger partial charge >= 0.3 is 5.97 Å². The van der Waals surface area contributed by atoms with E-state index < -0.39 is 22.7 Å². The molecule has 36 heavy (non-hydrogen) atoms. The number of aliphatic carboxylic acids is 1. The maximum absolute atomic E-state index is 12.9. The van der Waals surface area contributed by atoms with Crippen LogP contribution in [0.1, 0.15) is 36.4 Å². The number of ether oxygens (including phenoxy) is 1. The van der Waals surface area contributed by atoms with E-state index >= 15 is 0 Å². The Labute approximate surface area is 212 Å². The molecule has 9 nitrogen and oxygen atoms in total. The first-order valence-corrected chi connectivity index (χ1v) is 13.3. The molecule has 1 N–H and O–H groups in total. The van der Waals surface area contributed by atoms with E-state index in [9.17, 15) is 18.3 Å². The smallest absolute Gasteiger partial charge is 0.318 e. The third kappa shape index (κ3) is 6.93. The second kappa shape index (κ2) is 12.2. The minimum atomic E-state index is -3.92. The van der Waals surface area contributed by atoms with Crippen LogP contribution in [0.25, 0.3) is 11.5 Å². The Morgan fingerprint density at radius 3 is 2.39 bits per heavy atom. The summed E-state index contributed by atoms with van der Waals surface area (Å²) in [7, 11) is -3.92. The van der Waals surface area contributed by atoms with Crippen molar-refractivity contribution in [1.29, 1.82) is 0 Å². The maximum Gasteiger partial charge on any atom is 0.318 e. The molecule has 0 aliphatic carbocycles. The number of oxazole rings is 1.